The molecule has 0 bridgehead atoms. The molecule has 43 heavy (non-hydrogen) atoms. The van der Waals surface area contributed by atoms with E-state index in [4.69, 9.17) is 11.6 Å². The van der Waals surface area contributed by atoms with Gasteiger partial charge in [0.15, 0.2) is 0 Å². The zero-order valence-corrected chi connectivity index (χ0v) is 25.8. The first-order valence-electron chi connectivity index (χ1n) is 15.8. The molecule has 4 unspecified atom stereocenters. The number of nitriles is 1. The molecule has 1 amide bonds. The van der Waals surface area contributed by atoms with E-state index in [0.29, 0.717) is 49.7 Å². The first-order valence-corrected chi connectivity index (χ1v) is 16.2. The van der Waals surface area contributed by atoms with Crippen molar-refractivity contribution >= 4 is 23.3 Å². The van der Waals surface area contributed by atoms with E-state index in [2.05, 4.69) is 94.6 Å². The summed E-state index contributed by atoms with van der Waals surface area (Å²) in [5.41, 5.74) is 7.80. The van der Waals surface area contributed by atoms with Crippen molar-refractivity contribution in [2.24, 2.45) is 16.8 Å². The third kappa shape index (κ3) is 5.14. The number of nitrogens with zero attached hydrogens (tertiary/aromatic N) is 4. The Morgan fingerprint density at radius 2 is 1.67 bits per heavy atom. The predicted octanol–water partition coefficient (Wildman–Crippen LogP) is 7.90. The summed E-state index contributed by atoms with van der Waals surface area (Å²) >= 11 is 6.51. The van der Waals surface area contributed by atoms with Crippen LogP contribution in [-0.2, 0) is 4.79 Å². The van der Waals surface area contributed by atoms with E-state index < -0.39 is 0 Å². The van der Waals surface area contributed by atoms with E-state index in [1.807, 2.05) is 6.92 Å². The SMILES string of the molecule is Cc1ccc(C2CC3c4ccccc4C4CN(C(CC5CC(c6ccccc6C)C5)=NC#N)CCN4C(=O)CC23)cc1Cl. The quantitative estimate of drug-likeness (QED) is 0.176. The van der Waals surface area contributed by atoms with Gasteiger partial charge in [0.2, 0.25) is 12.1 Å². The molecule has 2 aliphatic heterocycles. The number of hydrogen-bond acceptors (Lipinski definition) is 3. The first kappa shape index (κ1) is 28.2. The monoisotopic (exact) mass is 590 g/mol. The van der Waals surface area contributed by atoms with E-state index in [-0.39, 0.29) is 17.9 Å². The van der Waals surface area contributed by atoms with Gasteiger partial charge in [-0.3, -0.25) is 4.79 Å². The normalized spacial score (nSPS) is 28.3. The van der Waals surface area contributed by atoms with Crippen molar-refractivity contribution in [2.75, 3.05) is 19.6 Å². The Morgan fingerprint density at radius 1 is 0.930 bits per heavy atom. The largest absolute Gasteiger partial charge is 0.355 e. The van der Waals surface area contributed by atoms with Gasteiger partial charge in [-0.1, -0.05) is 72.3 Å². The molecule has 1 saturated heterocycles. The van der Waals surface area contributed by atoms with Crippen molar-refractivity contribution in [2.45, 2.75) is 69.7 Å². The fraction of sp³-hybridized carbons (Fsp3) is 0.432. The molecule has 0 N–H and O–H groups in total. The van der Waals surface area contributed by atoms with Gasteiger partial charge >= 0.3 is 0 Å². The minimum absolute atomic E-state index is 0.0312. The molecule has 4 atom stereocenters. The van der Waals surface area contributed by atoms with E-state index in [1.54, 1.807) is 0 Å². The number of piperazine rings is 1. The molecule has 0 spiro atoms. The summed E-state index contributed by atoms with van der Waals surface area (Å²) in [6.45, 7) is 6.28. The summed E-state index contributed by atoms with van der Waals surface area (Å²) in [4.78, 5) is 22.7. The van der Waals surface area contributed by atoms with Gasteiger partial charge in [-0.2, -0.15) is 10.3 Å². The van der Waals surface area contributed by atoms with E-state index in [0.717, 1.165) is 42.1 Å². The molecular weight excluding hydrogens is 552 g/mol. The number of fused-ring (bicyclic) bond motifs is 5. The molecule has 3 aromatic carbocycles. The van der Waals surface area contributed by atoms with Crippen LogP contribution in [0, 0.1) is 37.1 Å². The van der Waals surface area contributed by atoms with Gasteiger partial charge in [0.1, 0.15) is 5.84 Å². The summed E-state index contributed by atoms with van der Waals surface area (Å²) in [6, 6.07) is 23.8. The van der Waals surface area contributed by atoms with Gasteiger partial charge in [0.25, 0.3) is 0 Å². The van der Waals surface area contributed by atoms with Gasteiger partial charge in [-0.15, -0.1) is 0 Å². The maximum Gasteiger partial charge on any atom is 0.223 e. The molecular formula is C37H39ClN4O. The number of aliphatic imine (C=N–C) groups is 1. The predicted molar refractivity (Wildman–Crippen MR) is 171 cm³/mol. The smallest absolute Gasteiger partial charge is 0.223 e. The van der Waals surface area contributed by atoms with Gasteiger partial charge < -0.3 is 9.80 Å². The van der Waals surface area contributed by atoms with Crippen molar-refractivity contribution in [3.8, 4) is 6.19 Å². The molecule has 0 aromatic heterocycles. The number of aryl methyl sites for hydroxylation is 2. The van der Waals surface area contributed by atoms with Gasteiger partial charge in [-0.05, 0) is 102 Å². The zero-order valence-electron chi connectivity index (χ0n) is 25.0. The van der Waals surface area contributed by atoms with Gasteiger partial charge in [-0.25, -0.2) is 0 Å². The Bertz CT molecular complexity index is 1620. The number of amides is 1. The fourth-order valence-corrected chi connectivity index (χ4v) is 8.58. The molecule has 2 aliphatic carbocycles. The number of amidine groups is 1. The minimum Gasteiger partial charge on any atom is -0.355 e. The maximum absolute atomic E-state index is 13.9. The molecule has 3 aromatic rings. The lowest BCUT2D eigenvalue weighted by molar-refractivity contribution is -0.138. The van der Waals surface area contributed by atoms with Crippen LogP contribution in [-0.4, -0.2) is 41.2 Å². The molecule has 4 aliphatic rings. The summed E-state index contributed by atoms with van der Waals surface area (Å²) < 4.78 is 0. The Balaban J connectivity index is 1.10. The van der Waals surface area contributed by atoms with E-state index in [9.17, 15) is 10.1 Å². The Morgan fingerprint density at radius 3 is 2.42 bits per heavy atom. The Labute approximate surface area is 260 Å². The molecule has 2 saturated carbocycles. The van der Waals surface area contributed by atoms with Crippen LogP contribution in [0.25, 0.3) is 0 Å². The van der Waals surface area contributed by atoms with Crippen LogP contribution in [0.4, 0.5) is 0 Å². The fourth-order valence-electron chi connectivity index (χ4n) is 8.39. The lowest BCUT2D eigenvalue weighted by Gasteiger charge is -2.52. The average molecular weight is 591 g/mol. The van der Waals surface area contributed by atoms with Crippen molar-refractivity contribution in [3.05, 3.63) is 105 Å². The highest BCUT2D eigenvalue weighted by molar-refractivity contribution is 6.31. The molecule has 0 radical (unpaired) electrons. The van der Waals surface area contributed by atoms with Crippen LogP contribution in [0.2, 0.25) is 5.02 Å². The van der Waals surface area contributed by atoms with Crippen molar-refractivity contribution in [1.82, 2.24) is 9.80 Å². The Kier molecular flexibility index (Phi) is 7.51. The van der Waals surface area contributed by atoms with Gasteiger partial charge in [0, 0.05) is 37.5 Å². The number of hydrogen-bond donors (Lipinski definition) is 0. The minimum atomic E-state index is -0.0312. The molecule has 220 valence electrons. The van der Waals surface area contributed by atoms with E-state index >= 15 is 0 Å². The third-order valence-corrected chi connectivity index (χ3v) is 11.3. The molecule has 5 nitrogen and oxygen atoms in total. The lowest BCUT2D eigenvalue weighted by Crippen LogP contribution is -2.55. The van der Waals surface area contributed by atoms with Crippen LogP contribution in [0.1, 0.15) is 89.3 Å². The highest BCUT2D eigenvalue weighted by Gasteiger charge is 2.48. The summed E-state index contributed by atoms with van der Waals surface area (Å²) in [5, 5.41) is 10.4. The number of halogens is 1. The summed E-state index contributed by atoms with van der Waals surface area (Å²) in [5.74, 6) is 3.25. The highest BCUT2D eigenvalue weighted by Crippen LogP contribution is 2.57. The van der Waals surface area contributed by atoms with Gasteiger partial charge in [0.05, 0.1) is 6.04 Å². The topological polar surface area (TPSA) is 59.7 Å². The van der Waals surface area contributed by atoms with Crippen molar-refractivity contribution in [3.63, 3.8) is 0 Å². The lowest BCUT2D eigenvalue weighted by atomic mass is 9.57. The summed E-state index contributed by atoms with van der Waals surface area (Å²) in [7, 11) is 0. The number of benzene rings is 3. The molecule has 6 heteroatoms. The van der Waals surface area contributed by atoms with Crippen LogP contribution in [0.15, 0.2) is 71.7 Å². The maximum atomic E-state index is 13.9. The number of rotatable bonds is 4. The third-order valence-electron chi connectivity index (χ3n) is 10.9. The van der Waals surface area contributed by atoms with Crippen LogP contribution in [0.5, 0.6) is 0 Å². The summed E-state index contributed by atoms with van der Waals surface area (Å²) in [6.07, 6.45) is 6.79. The van der Waals surface area contributed by atoms with Crippen molar-refractivity contribution in [1.29, 1.82) is 5.26 Å². The molecule has 7 rings (SSSR count). The van der Waals surface area contributed by atoms with Crippen LogP contribution in [0.3, 0.4) is 0 Å². The average Bonchev–Trinajstić information content (AvgIpc) is 2.98. The highest BCUT2D eigenvalue weighted by atomic mass is 35.5. The standard InChI is InChI=1S/C37H39ClN4O/c1-23-7-3-4-8-28(23)27-15-25(16-27)17-36(40-22-39)41-13-14-42-35(21-41)30-10-6-5-9-29(30)32-19-31(33(32)20-37(42)43)26-12-11-24(2)34(38)18-26/h3-12,18,25,27,31-33,35H,13-17,19-21H2,1-2H3. The molecule has 3 fully saturated rings. The second-order valence-electron chi connectivity index (χ2n) is 13.2. The molecule has 2 heterocycles. The second kappa shape index (κ2) is 11.5. The second-order valence-corrected chi connectivity index (χ2v) is 13.6. The van der Waals surface area contributed by atoms with Crippen LogP contribution >= 0.6 is 11.6 Å². The zero-order chi connectivity index (χ0) is 29.7. The number of carbonyl (C=O) groups excluding carboxylic acids is 1. The first-order chi connectivity index (χ1) is 20.9. The Hall–Kier alpha value is -3.62. The van der Waals surface area contributed by atoms with E-state index in [1.165, 1.54) is 27.8 Å². The van der Waals surface area contributed by atoms with Crippen LogP contribution < -0.4 is 0 Å². The number of carbonyl (C=O) groups is 1. The van der Waals surface area contributed by atoms with Crippen molar-refractivity contribution < 1.29 is 4.79 Å².